The van der Waals surface area contributed by atoms with Crippen molar-refractivity contribution in [3.8, 4) is 0 Å². The Bertz CT molecular complexity index is 665. The molecule has 0 spiro atoms. The summed E-state index contributed by atoms with van der Waals surface area (Å²) in [7, 11) is 0. The second-order valence-corrected chi connectivity index (χ2v) is 6.30. The molecule has 0 unspecified atom stereocenters. The Morgan fingerprint density at radius 1 is 1.09 bits per heavy atom. The second-order valence-electron chi connectivity index (χ2n) is 6.30. The highest BCUT2D eigenvalue weighted by atomic mass is 16.2. The van der Waals surface area contributed by atoms with E-state index in [0.29, 0.717) is 44.1 Å². The topological polar surface area (TPSA) is 69.7 Å². The summed E-state index contributed by atoms with van der Waals surface area (Å²) in [6.07, 6.45) is 8.88. The van der Waals surface area contributed by atoms with Crippen LogP contribution >= 0.6 is 0 Å². The number of rotatable bonds is 6. The Kier molecular flexibility index (Phi) is 4.79. The highest BCUT2D eigenvalue weighted by Crippen LogP contribution is 2.23. The first-order valence-corrected chi connectivity index (χ1v) is 8.40. The van der Waals surface area contributed by atoms with Crippen molar-refractivity contribution in [3.05, 3.63) is 32.1 Å². The predicted molar refractivity (Wildman–Crippen MR) is 90.9 cm³/mol. The van der Waals surface area contributed by atoms with Crippen molar-refractivity contribution in [1.82, 2.24) is 4.90 Å². The minimum Gasteiger partial charge on any atom is -0.380 e. The zero-order chi connectivity index (χ0) is 16.2. The molecule has 0 aromatic heterocycles. The van der Waals surface area contributed by atoms with Crippen molar-refractivity contribution >= 4 is 17.8 Å². The summed E-state index contributed by atoms with van der Waals surface area (Å²) in [6.45, 7) is 3.08. The summed E-state index contributed by atoms with van der Waals surface area (Å²) in [6, 6.07) is 0. The number of hydrogen-bond donors (Lipinski definition) is 1. The fraction of sp³-hybridized carbons (Fsp3) is 0.588. The Morgan fingerprint density at radius 3 is 2.52 bits per heavy atom. The summed E-state index contributed by atoms with van der Waals surface area (Å²) < 4.78 is 0. The van der Waals surface area contributed by atoms with Gasteiger partial charge in [-0.15, -0.1) is 0 Å². The van der Waals surface area contributed by atoms with E-state index in [9.17, 15) is 14.4 Å². The molecular formula is C17H23N3O3. The van der Waals surface area contributed by atoms with E-state index in [4.69, 9.17) is 0 Å². The third-order valence-corrected chi connectivity index (χ3v) is 4.80. The van der Waals surface area contributed by atoms with Crippen LogP contribution in [0.4, 0.5) is 11.4 Å². The largest absolute Gasteiger partial charge is 0.380 e. The first-order valence-electron chi connectivity index (χ1n) is 8.40. The number of anilines is 2. The van der Waals surface area contributed by atoms with Crippen LogP contribution in [0.1, 0.15) is 32.1 Å². The minimum absolute atomic E-state index is 0.399. The van der Waals surface area contributed by atoms with Gasteiger partial charge in [-0.3, -0.25) is 14.4 Å². The smallest absolute Gasteiger partial charge is 0.253 e. The monoisotopic (exact) mass is 317 g/mol. The Hall–Kier alpha value is -2.11. The first kappa shape index (κ1) is 15.8. The summed E-state index contributed by atoms with van der Waals surface area (Å²) in [5.41, 5.74) is 1.62. The lowest BCUT2D eigenvalue weighted by Gasteiger charge is -2.35. The van der Waals surface area contributed by atoms with Crippen molar-refractivity contribution in [3.63, 3.8) is 0 Å². The Labute approximate surface area is 135 Å². The zero-order valence-corrected chi connectivity index (χ0v) is 13.3. The van der Waals surface area contributed by atoms with Crippen molar-refractivity contribution in [2.24, 2.45) is 0 Å². The lowest BCUT2D eigenvalue weighted by atomic mass is 9.97. The molecule has 0 bridgehead atoms. The van der Waals surface area contributed by atoms with Gasteiger partial charge in [0, 0.05) is 32.7 Å². The van der Waals surface area contributed by atoms with Gasteiger partial charge in [0.05, 0.1) is 0 Å². The minimum atomic E-state index is -0.407. The zero-order valence-electron chi connectivity index (χ0n) is 13.3. The first-order chi connectivity index (χ1) is 11.2. The SMILES string of the molecule is O=CN1CCN(c2c(NCCC3=CCCCC3)c(=O)c2=O)CC1. The molecule has 0 saturated carbocycles. The fourth-order valence-corrected chi connectivity index (χ4v) is 3.38. The molecule has 1 N–H and O–H groups in total. The van der Waals surface area contributed by atoms with Gasteiger partial charge < -0.3 is 15.1 Å². The number of allylic oxidation sites excluding steroid dienone is 1. The standard InChI is InChI=1S/C17H23N3O3/c21-12-19-8-10-20(11-9-19)15-14(16(22)17(15)23)18-7-6-13-4-2-1-3-5-13/h4,12,18H,1-3,5-11H2. The number of hydrogen-bond acceptors (Lipinski definition) is 5. The molecule has 1 aromatic rings. The van der Waals surface area contributed by atoms with E-state index in [1.54, 1.807) is 4.90 Å². The summed E-state index contributed by atoms with van der Waals surface area (Å²) in [4.78, 5) is 38.1. The van der Waals surface area contributed by atoms with E-state index in [1.807, 2.05) is 4.90 Å². The average Bonchev–Trinajstić information content (AvgIpc) is 2.61. The van der Waals surface area contributed by atoms with Crippen molar-refractivity contribution in [1.29, 1.82) is 0 Å². The van der Waals surface area contributed by atoms with Gasteiger partial charge in [-0.05, 0) is 32.1 Å². The number of piperazine rings is 1. The van der Waals surface area contributed by atoms with Gasteiger partial charge in [-0.25, -0.2) is 0 Å². The molecule has 2 aliphatic rings. The normalized spacial score (nSPS) is 18.9. The van der Waals surface area contributed by atoms with E-state index in [-0.39, 0.29) is 0 Å². The molecule has 1 heterocycles. The maximum atomic E-state index is 11.9. The third kappa shape index (κ3) is 3.30. The van der Waals surface area contributed by atoms with Crippen LogP contribution in [-0.2, 0) is 4.79 Å². The highest BCUT2D eigenvalue weighted by molar-refractivity contribution is 5.75. The van der Waals surface area contributed by atoms with Crippen LogP contribution in [-0.4, -0.2) is 44.0 Å². The molecule has 0 atom stereocenters. The molecule has 23 heavy (non-hydrogen) atoms. The van der Waals surface area contributed by atoms with Crippen LogP contribution in [0, 0.1) is 0 Å². The van der Waals surface area contributed by atoms with E-state index in [2.05, 4.69) is 11.4 Å². The fourth-order valence-electron chi connectivity index (χ4n) is 3.38. The van der Waals surface area contributed by atoms with Gasteiger partial charge in [0.1, 0.15) is 11.4 Å². The summed E-state index contributed by atoms with van der Waals surface area (Å²) in [5.74, 6) is 0. The van der Waals surface area contributed by atoms with Crippen LogP contribution in [0.5, 0.6) is 0 Å². The van der Waals surface area contributed by atoms with E-state index in [0.717, 1.165) is 25.7 Å². The maximum absolute atomic E-state index is 11.9. The van der Waals surface area contributed by atoms with Gasteiger partial charge in [-0.2, -0.15) is 0 Å². The molecule has 124 valence electrons. The molecule has 1 amide bonds. The van der Waals surface area contributed by atoms with Crippen molar-refractivity contribution in [2.75, 3.05) is 42.9 Å². The summed E-state index contributed by atoms with van der Waals surface area (Å²) >= 11 is 0. The molecule has 1 aliphatic carbocycles. The highest BCUT2D eigenvalue weighted by Gasteiger charge is 2.28. The molecule has 0 radical (unpaired) electrons. The van der Waals surface area contributed by atoms with Gasteiger partial charge in [-0.1, -0.05) is 11.6 Å². The lowest BCUT2D eigenvalue weighted by molar-refractivity contribution is -0.118. The van der Waals surface area contributed by atoms with Crippen molar-refractivity contribution < 1.29 is 4.79 Å². The van der Waals surface area contributed by atoms with Crippen LogP contribution in [0.25, 0.3) is 0 Å². The van der Waals surface area contributed by atoms with E-state index >= 15 is 0 Å². The van der Waals surface area contributed by atoms with Crippen LogP contribution in [0.15, 0.2) is 21.2 Å². The van der Waals surface area contributed by atoms with Crippen LogP contribution < -0.4 is 21.1 Å². The number of carbonyl (C=O) groups is 1. The Balaban J connectivity index is 1.59. The molecular weight excluding hydrogens is 294 g/mol. The Morgan fingerprint density at radius 2 is 1.87 bits per heavy atom. The predicted octanol–water partition coefficient (Wildman–Crippen LogP) is 0.863. The molecule has 6 nitrogen and oxygen atoms in total. The second kappa shape index (κ2) is 6.98. The van der Waals surface area contributed by atoms with E-state index < -0.39 is 10.9 Å². The third-order valence-electron chi connectivity index (χ3n) is 4.80. The molecule has 1 fully saturated rings. The number of nitrogens with zero attached hydrogens (tertiary/aromatic N) is 2. The molecule has 1 saturated heterocycles. The number of nitrogens with one attached hydrogen (secondary N) is 1. The van der Waals surface area contributed by atoms with Gasteiger partial charge >= 0.3 is 0 Å². The lowest BCUT2D eigenvalue weighted by Crippen LogP contribution is -2.51. The van der Waals surface area contributed by atoms with Crippen molar-refractivity contribution in [2.45, 2.75) is 32.1 Å². The van der Waals surface area contributed by atoms with Gasteiger partial charge in [0.25, 0.3) is 10.9 Å². The van der Waals surface area contributed by atoms with Gasteiger partial charge in [0.2, 0.25) is 6.41 Å². The van der Waals surface area contributed by atoms with E-state index in [1.165, 1.54) is 18.4 Å². The molecule has 1 aromatic carbocycles. The number of amides is 1. The van der Waals surface area contributed by atoms with Gasteiger partial charge in [0.15, 0.2) is 0 Å². The molecule has 1 aliphatic heterocycles. The quantitative estimate of drug-likeness (QED) is 0.479. The van der Waals surface area contributed by atoms with Crippen LogP contribution in [0.2, 0.25) is 0 Å². The number of carbonyl (C=O) groups excluding carboxylic acids is 1. The average molecular weight is 317 g/mol. The summed E-state index contributed by atoms with van der Waals surface area (Å²) in [5, 5.41) is 3.16. The van der Waals surface area contributed by atoms with Crippen LogP contribution in [0.3, 0.4) is 0 Å². The maximum Gasteiger partial charge on any atom is 0.253 e. The molecule has 6 heteroatoms. The molecule has 3 rings (SSSR count).